The number of aliphatic hydroxyl groups excluding tert-OH is 1. The van der Waals surface area contributed by atoms with Crippen molar-refractivity contribution in [2.75, 3.05) is 0 Å². The predicted octanol–water partition coefficient (Wildman–Crippen LogP) is 1.50. The molecular weight excluding hydrogens is 168 g/mol. The topological polar surface area (TPSA) is 38.7 Å². The molecule has 4 atom stereocenters. The van der Waals surface area contributed by atoms with Crippen LogP contribution in [0.2, 0.25) is 0 Å². The van der Waals surface area contributed by atoms with E-state index in [0.717, 1.165) is 12.8 Å². The van der Waals surface area contributed by atoms with Gasteiger partial charge in [-0.25, -0.2) is 0 Å². The summed E-state index contributed by atoms with van der Waals surface area (Å²) in [6.45, 7) is 6.53. The highest BCUT2D eigenvalue weighted by Gasteiger charge is 2.46. The first-order valence-electron chi connectivity index (χ1n) is 4.96. The third kappa shape index (κ3) is 1.73. The summed E-state index contributed by atoms with van der Waals surface area (Å²) in [6.07, 6.45) is 1.27. The molecule has 1 N–H and O–H groups in total. The molecule has 0 aromatic carbocycles. The van der Waals surface area contributed by atoms with E-state index in [1.54, 1.807) is 0 Å². The highest BCUT2D eigenvalue weighted by molar-refractivity contribution is 4.88. The van der Waals surface area contributed by atoms with Gasteiger partial charge in [0.25, 0.3) is 0 Å². The largest absolute Gasteiger partial charge is 0.368 e. The third-order valence-corrected chi connectivity index (χ3v) is 2.96. The molecule has 0 saturated carbocycles. The Labute approximate surface area is 79.0 Å². The second kappa shape index (κ2) is 2.94. The molecule has 13 heavy (non-hydrogen) atoms. The van der Waals surface area contributed by atoms with E-state index in [9.17, 15) is 5.11 Å². The van der Waals surface area contributed by atoms with Crippen molar-refractivity contribution in [1.29, 1.82) is 0 Å². The maximum absolute atomic E-state index is 9.22. The molecule has 2 fully saturated rings. The third-order valence-electron chi connectivity index (χ3n) is 2.96. The van der Waals surface area contributed by atoms with Crippen LogP contribution in [0.1, 0.15) is 33.6 Å². The number of aliphatic hydroxyl groups is 1. The van der Waals surface area contributed by atoms with Gasteiger partial charge >= 0.3 is 0 Å². The molecule has 2 heterocycles. The fourth-order valence-corrected chi connectivity index (χ4v) is 2.09. The lowest BCUT2D eigenvalue weighted by atomic mass is 9.85. The van der Waals surface area contributed by atoms with E-state index < -0.39 is 6.29 Å². The normalized spacial score (nSPS) is 45.2. The molecule has 2 rings (SSSR count). The molecule has 0 aromatic rings. The van der Waals surface area contributed by atoms with Crippen molar-refractivity contribution >= 4 is 0 Å². The van der Waals surface area contributed by atoms with Gasteiger partial charge < -0.3 is 14.6 Å². The first kappa shape index (κ1) is 9.44. The summed E-state index contributed by atoms with van der Waals surface area (Å²) in [6, 6.07) is 0. The zero-order valence-electron chi connectivity index (χ0n) is 8.49. The van der Waals surface area contributed by atoms with Crippen LogP contribution in [0.4, 0.5) is 0 Å². The molecule has 2 saturated heterocycles. The van der Waals surface area contributed by atoms with Crippen LogP contribution in [0, 0.1) is 11.3 Å². The Hall–Kier alpha value is -0.120. The SMILES string of the molecule is CC(C)(C)C1CC2CC(O)OC2O1. The quantitative estimate of drug-likeness (QED) is 0.623. The maximum atomic E-state index is 9.22. The molecule has 0 amide bonds. The number of ether oxygens (including phenoxy) is 2. The summed E-state index contributed by atoms with van der Waals surface area (Å²) < 4.78 is 11.0. The van der Waals surface area contributed by atoms with Gasteiger partial charge in [-0.15, -0.1) is 0 Å². The van der Waals surface area contributed by atoms with E-state index in [1.807, 2.05) is 0 Å². The molecule has 76 valence electrons. The average molecular weight is 186 g/mol. The Morgan fingerprint density at radius 3 is 2.38 bits per heavy atom. The van der Waals surface area contributed by atoms with Gasteiger partial charge in [-0.1, -0.05) is 20.8 Å². The zero-order chi connectivity index (χ0) is 9.64. The van der Waals surface area contributed by atoms with Crippen molar-refractivity contribution in [2.24, 2.45) is 11.3 Å². The Kier molecular flexibility index (Phi) is 2.13. The van der Waals surface area contributed by atoms with Crippen LogP contribution >= 0.6 is 0 Å². The molecule has 3 heteroatoms. The lowest BCUT2D eigenvalue weighted by Gasteiger charge is -2.27. The minimum absolute atomic E-state index is 0.153. The molecule has 0 aliphatic carbocycles. The molecular formula is C10H18O3. The molecule has 4 unspecified atom stereocenters. The molecule has 2 aliphatic heterocycles. The summed E-state index contributed by atoms with van der Waals surface area (Å²) in [5.74, 6) is 0.402. The maximum Gasteiger partial charge on any atom is 0.164 e. The Morgan fingerprint density at radius 2 is 1.85 bits per heavy atom. The zero-order valence-corrected chi connectivity index (χ0v) is 8.49. The smallest absolute Gasteiger partial charge is 0.164 e. The second-order valence-electron chi connectivity index (χ2n) is 5.18. The first-order valence-corrected chi connectivity index (χ1v) is 4.96. The van der Waals surface area contributed by atoms with Gasteiger partial charge in [0.05, 0.1) is 6.10 Å². The standard InChI is InChI=1S/C10H18O3/c1-10(2,3)7-4-6-5-8(11)13-9(6)12-7/h6-9,11H,4-5H2,1-3H3. The van der Waals surface area contributed by atoms with Gasteiger partial charge in [0, 0.05) is 12.3 Å². The monoisotopic (exact) mass is 186 g/mol. The molecule has 0 aromatic heterocycles. The molecule has 0 bridgehead atoms. The Morgan fingerprint density at radius 1 is 1.15 bits per heavy atom. The molecule has 0 spiro atoms. The van der Waals surface area contributed by atoms with Crippen LogP contribution in [0.3, 0.4) is 0 Å². The van der Waals surface area contributed by atoms with Crippen LogP contribution in [-0.4, -0.2) is 23.8 Å². The van der Waals surface area contributed by atoms with Crippen LogP contribution in [0.25, 0.3) is 0 Å². The van der Waals surface area contributed by atoms with Crippen molar-refractivity contribution in [1.82, 2.24) is 0 Å². The minimum Gasteiger partial charge on any atom is -0.368 e. The van der Waals surface area contributed by atoms with Crippen LogP contribution < -0.4 is 0 Å². The average Bonchev–Trinajstić information content (AvgIpc) is 2.40. The summed E-state index contributed by atoms with van der Waals surface area (Å²) in [7, 11) is 0. The van der Waals surface area contributed by atoms with Crippen molar-refractivity contribution in [3.63, 3.8) is 0 Å². The lowest BCUT2D eigenvalue weighted by molar-refractivity contribution is -0.200. The van der Waals surface area contributed by atoms with Crippen LogP contribution in [-0.2, 0) is 9.47 Å². The Balaban J connectivity index is 1.98. The van der Waals surface area contributed by atoms with E-state index in [1.165, 1.54) is 0 Å². The van der Waals surface area contributed by atoms with E-state index in [-0.39, 0.29) is 17.8 Å². The van der Waals surface area contributed by atoms with Crippen molar-refractivity contribution in [3.05, 3.63) is 0 Å². The molecule has 2 aliphatic rings. The predicted molar refractivity (Wildman–Crippen MR) is 47.9 cm³/mol. The lowest BCUT2D eigenvalue weighted by Crippen LogP contribution is -2.27. The highest BCUT2D eigenvalue weighted by Crippen LogP contribution is 2.42. The summed E-state index contributed by atoms with van der Waals surface area (Å²) >= 11 is 0. The van der Waals surface area contributed by atoms with E-state index in [2.05, 4.69) is 20.8 Å². The summed E-state index contributed by atoms with van der Waals surface area (Å²) in [5, 5.41) is 9.22. The fourth-order valence-electron chi connectivity index (χ4n) is 2.09. The van der Waals surface area contributed by atoms with Gasteiger partial charge in [-0.2, -0.15) is 0 Å². The van der Waals surface area contributed by atoms with E-state index >= 15 is 0 Å². The highest BCUT2D eigenvalue weighted by atomic mass is 16.7. The second-order valence-corrected chi connectivity index (χ2v) is 5.18. The number of hydrogen-bond acceptors (Lipinski definition) is 3. The minimum atomic E-state index is -0.601. The van der Waals surface area contributed by atoms with Gasteiger partial charge in [0.1, 0.15) is 0 Å². The van der Waals surface area contributed by atoms with E-state index in [0.29, 0.717) is 5.92 Å². The van der Waals surface area contributed by atoms with Crippen molar-refractivity contribution in [3.8, 4) is 0 Å². The van der Waals surface area contributed by atoms with Crippen molar-refractivity contribution < 1.29 is 14.6 Å². The van der Waals surface area contributed by atoms with Crippen LogP contribution in [0.5, 0.6) is 0 Å². The van der Waals surface area contributed by atoms with Gasteiger partial charge in [-0.05, 0) is 11.8 Å². The first-order chi connectivity index (χ1) is 5.97. The molecule has 0 radical (unpaired) electrons. The van der Waals surface area contributed by atoms with Gasteiger partial charge in [-0.3, -0.25) is 0 Å². The van der Waals surface area contributed by atoms with Gasteiger partial charge in [0.15, 0.2) is 12.6 Å². The van der Waals surface area contributed by atoms with E-state index in [4.69, 9.17) is 9.47 Å². The Bertz CT molecular complexity index is 183. The van der Waals surface area contributed by atoms with Crippen molar-refractivity contribution in [2.45, 2.75) is 52.3 Å². The number of hydrogen-bond donors (Lipinski definition) is 1. The summed E-state index contributed by atoms with van der Waals surface area (Å²) in [5.41, 5.74) is 0.179. The summed E-state index contributed by atoms with van der Waals surface area (Å²) in [4.78, 5) is 0. The number of fused-ring (bicyclic) bond motifs is 1. The van der Waals surface area contributed by atoms with Crippen LogP contribution in [0.15, 0.2) is 0 Å². The number of rotatable bonds is 0. The molecule has 3 nitrogen and oxygen atoms in total. The van der Waals surface area contributed by atoms with Gasteiger partial charge in [0.2, 0.25) is 0 Å². The fraction of sp³-hybridized carbons (Fsp3) is 1.00.